The maximum Gasteiger partial charge on any atom is 0.329 e. The summed E-state index contributed by atoms with van der Waals surface area (Å²) in [4.78, 5) is 29.1. The van der Waals surface area contributed by atoms with Gasteiger partial charge in [-0.3, -0.25) is 4.79 Å². The molecule has 134 valence electrons. The highest BCUT2D eigenvalue weighted by Crippen LogP contribution is 2.34. The van der Waals surface area contributed by atoms with Crippen molar-refractivity contribution in [1.29, 1.82) is 0 Å². The SMILES string of the molecule is CCC1CCC(NC(=O)c2cc(C)nc3onc(C)c23)(C(=O)O)CC1. The third-order valence-corrected chi connectivity index (χ3v) is 5.29. The molecule has 2 heterocycles. The van der Waals surface area contributed by atoms with Crippen LogP contribution in [-0.2, 0) is 4.79 Å². The number of carboxylic acid groups (broad SMARTS) is 1. The second-order valence-corrected chi connectivity index (χ2v) is 6.95. The summed E-state index contributed by atoms with van der Waals surface area (Å²) in [6.07, 6.45) is 3.54. The van der Waals surface area contributed by atoms with Crippen molar-refractivity contribution in [2.24, 2.45) is 5.92 Å². The van der Waals surface area contributed by atoms with Crippen LogP contribution >= 0.6 is 0 Å². The number of rotatable bonds is 4. The van der Waals surface area contributed by atoms with Crippen LogP contribution in [-0.4, -0.2) is 32.7 Å². The van der Waals surface area contributed by atoms with Gasteiger partial charge in [-0.1, -0.05) is 18.5 Å². The Morgan fingerprint density at radius 1 is 1.36 bits per heavy atom. The Morgan fingerprint density at radius 2 is 2.04 bits per heavy atom. The first-order valence-electron chi connectivity index (χ1n) is 8.66. The van der Waals surface area contributed by atoms with E-state index in [1.54, 1.807) is 19.9 Å². The van der Waals surface area contributed by atoms with Gasteiger partial charge in [0, 0.05) is 5.69 Å². The third-order valence-electron chi connectivity index (χ3n) is 5.29. The summed E-state index contributed by atoms with van der Waals surface area (Å²) in [7, 11) is 0. The van der Waals surface area contributed by atoms with Gasteiger partial charge in [-0.15, -0.1) is 0 Å². The molecule has 1 aliphatic rings. The Balaban J connectivity index is 1.93. The molecule has 1 fully saturated rings. The largest absolute Gasteiger partial charge is 0.480 e. The van der Waals surface area contributed by atoms with Gasteiger partial charge in [0.05, 0.1) is 16.6 Å². The molecule has 0 radical (unpaired) electrons. The monoisotopic (exact) mass is 345 g/mol. The van der Waals surface area contributed by atoms with Crippen molar-refractivity contribution in [2.75, 3.05) is 0 Å². The van der Waals surface area contributed by atoms with Gasteiger partial charge in [-0.05, 0) is 51.5 Å². The lowest BCUT2D eigenvalue weighted by atomic mass is 9.75. The van der Waals surface area contributed by atoms with Crippen LogP contribution in [0.25, 0.3) is 11.1 Å². The number of carbonyl (C=O) groups is 2. The van der Waals surface area contributed by atoms with Crippen LogP contribution in [0.5, 0.6) is 0 Å². The van der Waals surface area contributed by atoms with Gasteiger partial charge in [0.2, 0.25) is 0 Å². The van der Waals surface area contributed by atoms with Crippen molar-refractivity contribution >= 4 is 23.0 Å². The van der Waals surface area contributed by atoms with E-state index in [-0.39, 0.29) is 0 Å². The second-order valence-electron chi connectivity index (χ2n) is 6.95. The van der Waals surface area contributed by atoms with E-state index in [1.165, 1.54) is 0 Å². The van der Waals surface area contributed by atoms with E-state index in [0.29, 0.717) is 46.8 Å². The van der Waals surface area contributed by atoms with Crippen molar-refractivity contribution in [3.63, 3.8) is 0 Å². The number of aliphatic carboxylic acids is 1. The molecule has 1 saturated carbocycles. The maximum atomic E-state index is 12.9. The van der Waals surface area contributed by atoms with Crippen molar-refractivity contribution in [2.45, 2.75) is 58.4 Å². The van der Waals surface area contributed by atoms with E-state index in [0.717, 1.165) is 19.3 Å². The molecule has 1 aliphatic carbocycles. The Labute approximate surface area is 145 Å². The van der Waals surface area contributed by atoms with Crippen LogP contribution in [0.1, 0.15) is 60.8 Å². The van der Waals surface area contributed by atoms with Gasteiger partial charge in [-0.2, -0.15) is 0 Å². The minimum absolute atomic E-state index is 0.293. The first-order valence-corrected chi connectivity index (χ1v) is 8.66. The molecule has 7 heteroatoms. The number of aromatic nitrogens is 2. The summed E-state index contributed by atoms with van der Waals surface area (Å²) in [5, 5.41) is 17.0. The van der Waals surface area contributed by atoms with Crippen LogP contribution < -0.4 is 5.32 Å². The van der Waals surface area contributed by atoms with Gasteiger partial charge >= 0.3 is 5.97 Å². The van der Waals surface area contributed by atoms with Crippen molar-refractivity contribution < 1.29 is 19.2 Å². The van der Waals surface area contributed by atoms with Gasteiger partial charge in [0.25, 0.3) is 11.6 Å². The van der Waals surface area contributed by atoms with Gasteiger partial charge in [-0.25, -0.2) is 9.78 Å². The number of pyridine rings is 1. The quantitative estimate of drug-likeness (QED) is 0.882. The summed E-state index contributed by atoms with van der Waals surface area (Å²) in [6.45, 7) is 5.61. The molecule has 0 spiro atoms. The van der Waals surface area contributed by atoms with Crippen LogP contribution in [0.4, 0.5) is 0 Å². The fraction of sp³-hybridized carbons (Fsp3) is 0.556. The zero-order valence-electron chi connectivity index (χ0n) is 14.8. The molecule has 2 N–H and O–H groups in total. The number of carbonyl (C=O) groups excluding carboxylic acids is 1. The molecule has 0 saturated heterocycles. The smallest absolute Gasteiger partial charge is 0.329 e. The first kappa shape index (κ1) is 17.4. The Hall–Kier alpha value is -2.44. The highest BCUT2D eigenvalue weighted by atomic mass is 16.5. The molecule has 0 aromatic carbocycles. The lowest BCUT2D eigenvalue weighted by Crippen LogP contribution is -2.56. The highest BCUT2D eigenvalue weighted by Gasteiger charge is 2.43. The first-order chi connectivity index (χ1) is 11.9. The molecule has 3 rings (SSSR count). The molecule has 7 nitrogen and oxygen atoms in total. The van der Waals surface area contributed by atoms with E-state index >= 15 is 0 Å². The topological polar surface area (TPSA) is 105 Å². The van der Waals surface area contributed by atoms with Crippen LogP contribution in [0, 0.1) is 19.8 Å². The normalized spacial score (nSPS) is 23.6. The number of fused-ring (bicyclic) bond motifs is 1. The lowest BCUT2D eigenvalue weighted by molar-refractivity contribution is -0.146. The number of hydrogen-bond donors (Lipinski definition) is 2. The minimum Gasteiger partial charge on any atom is -0.480 e. The standard InChI is InChI=1S/C18H23N3O4/c1-4-12-5-7-18(8-6-12,17(23)24)20-15(22)13-9-10(2)19-16-14(13)11(3)21-25-16/h9,12H,4-8H2,1-3H3,(H,20,22)(H,23,24). The molecular weight excluding hydrogens is 322 g/mol. The molecule has 2 aromatic heterocycles. The number of nitrogens with zero attached hydrogens (tertiary/aromatic N) is 2. The molecule has 0 atom stereocenters. The summed E-state index contributed by atoms with van der Waals surface area (Å²) in [5.41, 5.74) is 0.623. The molecule has 0 aliphatic heterocycles. The second kappa shape index (κ2) is 6.46. The Bertz CT molecular complexity index is 819. The van der Waals surface area contributed by atoms with Crippen LogP contribution in [0.2, 0.25) is 0 Å². The van der Waals surface area contributed by atoms with Crippen molar-refractivity contribution in [3.8, 4) is 0 Å². The van der Waals surface area contributed by atoms with E-state index in [9.17, 15) is 14.7 Å². The van der Waals surface area contributed by atoms with E-state index in [4.69, 9.17) is 4.52 Å². The van der Waals surface area contributed by atoms with Gasteiger partial charge in [0.15, 0.2) is 0 Å². The number of nitrogens with one attached hydrogen (secondary N) is 1. The Morgan fingerprint density at radius 3 is 2.64 bits per heavy atom. The highest BCUT2D eigenvalue weighted by molar-refractivity contribution is 6.07. The molecule has 2 aromatic rings. The lowest BCUT2D eigenvalue weighted by Gasteiger charge is -2.37. The van der Waals surface area contributed by atoms with Crippen molar-refractivity contribution in [1.82, 2.24) is 15.5 Å². The van der Waals surface area contributed by atoms with E-state index in [1.807, 2.05) is 0 Å². The number of carboxylic acids is 1. The van der Waals surface area contributed by atoms with Gasteiger partial charge in [0.1, 0.15) is 5.54 Å². The number of aryl methyl sites for hydroxylation is 2. The average Bonchev–Trinajstić information content (AvgIpc) is 2.95. The van der Waals surface area contributed by atoms with E-state index in [2.05, 4.69) is 22.4 Å². The molecular formula is C18H23N3O4. The third kappa shape index (κ3) is 3.10. The Kier molecular flexibility index (Phi) is 4.49. The maximum absolute atomic E-state index is 12.9. The number of hydrogen-bond acceptors (Lipinski definition) is 5. The van der Waals surface area contributed by atoms with E-state index < -0.39 is 17.4 Å². The molecule has 25 heavy (non-hydrogen) atoms. The predicted octanol–water partition coefficient (Wildman–Crippen LogP) is 2.99. The summed E-state index contributed by atoms with van der Waals surface area (Å²) in [6, 6.07) is 1.65. The predicted molar refractivity (Wildman–Crippen MR) is 91.4 cm³/mol. The number of amides is 1. The summed E-state index contributed by atoms with van der Waals surface area (Å²) in [5.74, 6) is -0.863. The molecule has 0 bridgehead atoms. The summed E-state index contributed by atoms with van der Waals surface area (Å²) >= 11 is 0. The average molecular weight is 345 g/mol. The van der Waals surface area contributed by atoms with Gasteiger partial charge < -0.3 is 14.9 Å². The molecule has 0 unspecified atom stereocenters. The molecule has 1 amide bonds. The summed E-state index contributed by atoms with van der Waals surface area (Å²) < 4.78 is 5.15. The van der Waals surface area contributed by atoms with Crippen LogP contribution in [0.15, 0.2) is 10.6 Å². The zero-order valence-corrected chi connectivity index (χ0v) is 14.8. The fourth-order valence-corrected chi connectivity index (χ4v) is 3.65. The zero-order chi connectivity index (χ0) is 18.2. The van der Waals surface area contributed by atoms with Crippen molar-refractivity contribution in [3.05, 3.63) is 23.0 Å². The minimum atomic E-state index is -1.21. The van der Waals surface area contributed by atoms with Crippen LogP contribution in [0.3, 0.4) is 0 Å². The fourth-order valence-electron chi connectivity index (χ4n) is 3.65.